The first-order valence-corrected chi connectivity index (χ1v) is 9.77. The fourth-order valence-electron chi connectivity index (χ4n) is 2.35. The predicted octanol–water partition coefficient (Wildman–Crippen LogP) is 3.35. The Hall–Kier alpha value is -2.15. The standard InChI is InChI=1S/C18H12I2N2O5/c19-12-5-10(7-14-16(23)22-18(26)21-14)6-13(20)15(12)27-8-9-1-3-11(4-2-9)17(24)25/h1-7H,8H2,(H,24,25)(H2,21,22,23,26)/b14-7-. The van der Waals surface area contributed by atoms with Crippen LogP contribution in [0.15, 0.2) is 42.1 Å². The molecule has 0 spiro atoms. The van der Waals surface area contributed by atoms with Crippen molar-refractivity contribution < 1.29 is 24.2 Å². The van der Waals surface area contributed by atoms with Crippen molar-refractivity contribution in [3.8, 4) is 5.75 Å². The van der Waals surface area contributed by atoms with E-state index in [1.807, 2.05) is 12.1 Å². The topological polar surface area (TPSA) is 105 Å². The molecule has 3 N–H and O–H groups in total. The van der Waals surface area contributed by atoms with E-state index in [0.29, 0.717) is 12.4 Å². The quantitative estimate of drug-likeness (QED) is 0.282. The summed E-state index contributed by atoms with van der Waals surface area (Å²) in [6.07, 6.45) is 1.60. The van der Waals surface area contributed by atoms with Crippen molar-refractivity contribution in [2.24, 2.45) is 0 Å². The smallest absolute Gasteiger partial charge is 0.335 e. The van der Waals surface area contributed by atoms with Gasteiger partial charge in [-0.15, -0.1) is 0 Å². The molecule has 2 aromatic rings. The number of imide groups is 1. The fraction of sp³-hybridized carbons (Fsp3) is 0.0556. The third kappa shape index (κ3) is 4.77. The monoisotopic (exact) mass is 590 g/mol. The lowest BCUT2D eigenvalue weighted by atomic mass is 10.1. The van der Waals surface area contributed by atoms with Gasteiger partial charge in [0.15, 0.2) is 0 Å². The maximum atomic E-state index is 11.6. The molecule has 3 amide bonds. The van der Waals surface area contributed by atoms with Gasteiger partial charge >= 0.3 is 12.0 Å². The van der Waals surface area contributed by atoms with Crippen molar-refractivity contribution in [3.05, 3.63) is 65.9 Å². The highest BCUT2D eigenvalue weighted by Gasteiger charge is 2.23. The number of nitrogens with one attached hydrogen (secondary N) is 2. The summed E-state index contributed by atoms with van der Waals surface area (Å²) in [4.78, 5) is 33.7. The average Bonchev–Trinajstić information content (AvgIpc) is 2.91. The van der Waals surface area contributed by atoms with E-state index in [-0.39, 0.29) is 11.3 Å². The molecule has 1 heterocycles. The SMILES string of the molecule is O=C1NC(=O)/C(=C/c2cc(I)c(OCc3ccc(C(=O)O)cc3)c(I)c2)N1. The summed E-state index contributed by atoms with van der Waals surface area (Å²) in [7, 11) is 0. The van der Waals surface area contributed by atoms with E-state index in [9.17, 15) is 14.4 Å². The van der Waals surface area contributed by atoms with Gasteiger partial charge < -0.3 is 15.2 Å². The number of carboxylic acids is 1. The highest BCUT2D eigenvalue weighted by atomic mass is 127. The molecule has 138 valence electrons. The number of aromatic carboxylic acids is 1. The number of halogens is 2. The van der Waals surface area contributed by atoms with Crippen LogP contribution in [0.1, 0.15) is 21.5 Å². The molecule has 27 heavy (non-hydrogen) atoms. The van der Waals surface area contributed by atoms with E-state index >= 15 is 0 Å². The van der Waals surface area contributed by atoms with Gasteiger partial charge in [-0.1, -0.05) is 12.1 Å². The Labute approximate surface area is 181 Å². The first-order valence-electron chi connectivity index (χ1n) is 7.61. The summed E-state index contributed by atoms with van der Waals surface area (Å²) < 4.78 is 7.58. The predicted molar refractivity (Wildman–Crippen MR) is 114 cm³/mol. The molecular weight excluding hydrogens is 578 g/mol. The molecule has 0 bridgehead atoms. The number of carbonyl (C=O) groups is 3. The fourth-order valence-corrected chi connectivity index (χ4v) is 4.48. The first-order chi connectivity index (χ1) is 12.8. The number of urea groups is 1. The van der Waals surface area contributed by atoms with E-state index in [1.165, 1.54) is 12.1 Å². The van der Waals surface area contributed by atoms with Gasteiger partial charge in [-0.25, -0.2) is 9.59 Å². The number of hydrogen-bond acceptors (Lipinski definition) is 4. The van der Waals surface area contributed by atoms with Crippen molar-refractivity contribution in [2.45, 2.75) is 6.61 Å². The van der Waals surface area contributed by atoms with E-state index < -0.39 is 17.9 Å². The van der Waals surface area contributed by atoms with Crippen molar-refractivity contribution >= 4 is 69.2 Å². The minimum Gasteiger partial charge on any atom is -0.487 e. The van der Waals surface area contributed by atoms with Gasteiger partial charge in [0.05, 0.1) is 12.7 Å². The van der Waals surface area contributed by atoms with Gasteiger partial charge in [-0.2, -0.15) is 0 Å². The number of benzene rings is 2. The van der Waals surface area contributed by atoms with Crippen LogP contribution in [0, 0.1) is 7.14 Å². The molecule has 2 aromatic carbocycles. The van der Waals surface area contributed by atoms with Crippen LogP contribution in [0.5, 0.6) is 5.75 Å². The first kappa shape index (κ1) is 19.6. The molecule has 0 aromatic heterocycles. The second kappa shape index (κ2) is 8.25. The zero-order valence-electron chi connectivity index (χ0n) is 13.6. The molecule has 1 fully saturated rings. The normalized spacial score (nSPS) is 14.8. The molecule has 0 atom stereocenters. The van der Waals surface area contributed by atoms with Crippen LogP contribution in [0.2, 0.25) is 0 Å². The maximum Gasteiger partial charge on any atom is 0.335 e. The number of carbonyl (C=O) groups excluding carboxylic acids is 2. The van der Waals surface area contributed by atoms with E-state index in [0.717, 1.165) is 18.3 Å². The van der Waals surface area contributed by atoms with Gasteiger partial charge in [0.1, 0.15) is 18.1 Å². The van der Waals surface area contributed by atoms with Gasteiger partial charge in [0.2, 0.25) is 0 Å². The maximum absolute atomic E-state index is 11.6. The Morgan fingerprint density at radius 1 is 1.07 bits per heavy atom. The van der Waals surface area contributed by atoms with Crippen molar-refractivity contribution in [2.75, 3.05) is 0 Å². The van der Waals surface area contributed by atoms with Gasteiger partial charge in [0.25, 0.3) is 5.91 Å². The summed E-state index contributed by atoms with van der Waals surface area (Å²) in [6.45, 7) is 0.296. The van der Waals surface area contributed by atoms with Crippen molar-refractivity contribution in [1.29, 1.82) is 0 Å². The van der Waals surface area contributed by atoms with Crippen molar-refractivity contribution in [1.82, 2.24) is 10.6 Å². The number of ether oxygens (including phenoxy) is 1. The van der Waals surface area contributed by atoms with Crippen LogP contribution < -0.4 is 15.4 Å². The molecule has 7 nitrogen and oxygen atoms in total. The molecule has 0 aliphatic carbocycles. The lowest BCUT2D eigenvalue weighted by Gasteiger charge is -2.12. The molecule has 0 radical (unpaired) electrons. The number of rotatable bonds is 5. The van der Waals surface area contributed by atoms with E-state index in [2.05, 4.69) is 55.8 Å². The second-order valence-electron chi connectivity index (χ2n) is 5.57. The number of hydrogen-bond donors (Lipinski definition) is 3. The molecule has 3 rings (SSSR count). The highest BCUT2D eigenvalue weighted by molar-refractivity contribution is 14.1. The molecule has 0 saturated carbocycles. The summed E-state index contributed by atoms with van der Waals surface area (Å²) >= 11 is 4.28. The molecule has 1 aliphatic rings. The largest absolute Gasteiger partial charge is 0.487 e. The lowest BCUT2D eigenvalue weighted by molar-refractivity contribution is -0.115. The average molecular weight is 590 g/mol. The Balaban J connectivity index is 1.75. The molecule has 1 saturated heterocycles. The Morgan fingerprint density at radius 2 is 1.70 bits per heavy atom. The molecule has 9 heteroatoms. The highest BCUT2D eigenvalue weighted by Crippen LogP contribution is 2.30. The minimum atomic E-state index is -0.969. The molecular formula is C18H12I2N2O5. The zero-order valence-corrected chi connectivity index (χ0v) is 17.9. The Morgan fingerprint density at radius 3 is 2.22 bits per heavy atom. The van der Waals surface area contributed by atoms with Crippen LogP contribution in [0.4, 0.5) is 4.79 Å². The minimum absolute atomic E-state index is 0.193. The summed E-state index contributed by atoms with van der Waals surface area (Å²) in [5.74, 6) is -0.737. The third-order valence-corrected chi connectivity index (χ3v) is 5.24. The van der Waals surface area contributed by atoms with E-state index in [4.69, 9.17) is 9.84 Å². The van der Waals surface area contributed by atoms with Gasteiger partial charge in [-0.3, -0.25) is 10.1 Å². The molecule has 1 aliphatic heterocycles. The van der Waals surface area contributed by atoms with Crippen LogP contribution in [0.3, 0.4) is 0 Å². The lowest BCUT2D eigenvalue weighted by Crippen LogP contribution is -2.22. The van der Waals surface area contributed by atoms with Crippen LogP contribution in [-0.4, -0.2) is 23.0 Å². The third-order valence-electron chi connectivity index (χ3n) is 3.64. The van der Waals surface area contributed by atoms with Crippen LogP contribution in [-0.2, 0) is 11.4 Å². The van der Waals surface area contributed by atoms with Crippen LogP contribution in [0.25, 0.3) is 6.08 Å². The number of carboxylic acid groups (broad SMARTS) is 1. The summed E-state index contributed by atoms with van der Waals surface area (Å²) in [6, 6.07) is 9.64. The van der Waals surface area contributed by atoms with Crippen LogP contribution >= 0.6 is 45.2 Å². The summed E-state index contributed by atoms with van der Waals surface area (Å²) in [5, 5.41) is 13.5. The molecule has 0 unspecified atom stereocenters. The number of amides is 3. The van der Waals surface area contributed by atoms with Crippen molar-refractivity contribution in [3.63, 3.8) is 0 Å². The Bertz CT molecular complexity index is 947. The van der Waals surface area contributed by atoms with Gasteiger partial charge in [0, 0.05) is 0 Å². The van der Waals surface area contributed by atoms with Gasteiger partial charge in [-0.05, 0) is 86.7 Å². The van der Waals surface area contributed by atoms with E-state index in [1.54, 1.807) is 18.2 Å². The Kier molecular flexibility index (Phi) is 5.99. The summed E-state index contributed by atoms with van der Waals surface area (Å²) in [5.41, 5.74) is 2.03. The zero-order chi connectivity index (χ0) is 19.6. The second-order valence-corrected chi connectivity index (χ2v) is 7.90.